The Morgan fingerprint density at radius 3 is 2.18 bits per heavy atom. The molecule has 0 spiro atoms. The van der Waals surface area contributed by atoms with E-state index in [1.165, 1.54) is 6.92 Å². The summed E-state index contributed by atoms with van der Waals surface area (Å²) in [5.74, 6) is -2.49. The van der Waals surface area contributed by atoms with Crippen molar-refractivity contribution in [1.82, 2.24) is 0 Å². The summed E-state index contributed by atoms with van der Waals surface area (Å²) in [5, 5.41) is 10.6. The zero-order chi connectivity index (χ0) is 13.4. The van der Waals surface area contributed by atoms with Gasteiger partial charge in [0.2, 0.25) is 6.04 Å². The molecule has 7 heteroatoms. The molecule has 0 saturated carbocycles. The maximum absolute atomic E-state index is 11.5. The molecule has 0 aliphatic rings. The standard InChI is InChI=1S/C10H17NO6/c1-4-16-9(12)6-8(7(3)11(14)15)10(13)17-5-2/h7-8H,4-6H2,1-3H3/t7-,8+/m0/s1. The van der Waals surface area contributed by atoms with Gasteiger partial charge in [-0.25, -0.2) is 0 Å². The van der Waals surface area contributed by atoms with E-state index in [0.29, 0.717) is 0 Å². The second-order valence-corrected chi connectivity index (χ2v) is 3.39. The predicted molar refractivity (Wildman–Crippen MR) is 57.8 cm³/mol. The fourth-order valence-corrected chi connectivity index (χ4v) is 1.25. The molecule has 0 rings (SSSR count). The Hall–Kier alpha value is -1.66. The molecular formula is C10H17NO6. The molecule has 0 heterocycles. The van der Waals surface area contributed by atoms with Crippen molar-refractivity contribution in [2.75, 3.05) is 13.2 Å². The molecule has 0 unspecified atom stereocenters. The minimum atomic E-state index is -1.18. The van der Waals surface area contributed by atoms with E-state index in [1.54, 1.807) is 13.8 Å². The molecule has 98 valence electrons. The van der Waals surface area contributed by atoms with Crippen LogP contribution in [0.5, 0.6) is 0 Å². The Balaban J connectivity index is 4.67. The molecule has 0 aromatic heterocycles. The summed E-state index contributed by atoms with van der Waals surface area (Å²) in [5.41, 5.74) is 0. The first-order chi connectivity index (χ1) is 7.93. The zero-order valence-corrected chi connectivity index (χ0v) is 10.2. The van der Waals surface area contributed by atoms with Gasteiger partial charge in [-0.15, -0.1) is 0 Å². The van der Waals surface area contributed by atoms with Crippen LogP contribution in [0.25, 0.3) is 0 Å². The normalized spacial score (nSPS) is 13.6. The van der Waals surface area contributed by atoms with E-state index in [0.717, 1.165) is 0 Å². The number of nitro groups is 1. The van der Waals surface area contributed by atoms with E-state index in [1.807, 2.05) is 0 Å². The molecule has 2 atom stereocenters. The van der Waals surface area contributed by atoms with Crippen LogP contribution in [0.15, 0.2) is 0 Å². The first kappa shape index (κ1) is 15.3. The summed E-state index contributed by atoms with van der Waals surface area (Å²) >= 11 is 0. The Labute approximate surface area is 99.2 Å². The monoisotopic (exact) mass is 247 g/mol. The Kier molecular flexibility index (Phi) is 6.85. The van der Waals surface area contributed by atoms with Crippen LogP contribution in [-0.4, -0.2) is 36.1 Å². The van der Waals surface area contributed by atoms with Crippen molar-refractivity contribution >= 4 is 11.9 Å². The number of hydrogen-bond acceptors (Lipinski definition) is 6. The zero-order valence-electron chi connectivity index (χ0n) is 10.2. The van der Waals surface area contributed by atoms with Crippen molar-refractivity contribution in [3.63, 3.8) is 0 Å². The van der Waals surface area contributed by atoms with Crippen LogP contribution in [0.3, 0.4) is 0 Å². The number of esters is 2. The molecule has 0 aliphatic heterocycles. The van der Waals surface area contributed by atoms with Gasteiger partial charge in [-0.05, 0) is 13.8 Å². The molecule has 0 N–H and O–H groups in total. The van der Waals surface area contributed by atoms with E-state index < -0.39 is 28.8 Å². The van der Waals surface area contributed by atoms with Crippen LogP contribution in [0.2, 0.25) is 0 Å². The number of rotatable bonds is 7. The van der Waals surface area contributed by atoms with E-state index in [2.05, 4.69) is 4.74 Å². The van der Waals surface area contributed by atoms with E-state index in [9.17, 15) is 19.7 Å². The summed E-state index contributed by atoms with van der Waals surface area (Å²) in [6.07, 6.45) is -0.338. The van der Waals surface area contributed by atoms with Crippen molar-refractivity contribution in [1.29, 1.82) is 0 Å². The smallest absolute Gasteiger partial charge is 0.316 e. The van der Waals surface area contributed by atoms with Crippen molar-refractivity contribution in [2.24, 2.45) is 5.92 Å². The molecule has 17 heavy (non-hydrogen) atoms. The van der Waals surface area contributed by atoms with Crippen molar-refractivity contribution < 1.29 is 24.0 Å². The molecule has 0 aromatic rings. The third kappa shape index (κ3) is 5.28. The molecule has 0 fully saturated rings. The third-order valence-electron chi connectivity index (χ3n) is 2.20. The highest BCUT2D eigenvalue weighted by molar-refractivity contribution is 5.80. The van der Waals surface area contributed by atoms with Crippen LogP contribution in [0, 0.1) is 16.0 Å². The van der Waals surface area contributed by atoms with Gasteiger partial charge in [0.05, 0.1) is 19.6 Å². The molecule has 0 bridgehead atoms. The summed E-state index contributed by atoms with van der Waals surface area (Å²) < 4.78 is 9.36. The van der Waals surface area contributed by atoms with Crippen molar-refractivity contribution in [3.8, 4) is 0 Å². The average Bonchev–Trinajstić information content (AvgIpc) is 2.25. The Bertz CT molecular complexity index is 291. The summed E-state index contributed by atoms with van der Waals surface area (Å²) in [6.45, 7) is 4.76. The van der Waals surface area contributed by atoms with Crippen LogP contribution in [0.1, 0.15) is 27.2 Å². The third-order valence-corrected chi connectivity index (χ3v) is 2.20. The van der Waals surface area contributed by atoms with Crippen molar-refractivity contribution in [3.05, 3.63) is 10.1 Å². The molecule has 0 aliphatic carbocycles. The summed E-state index contributed by atoms with van der Waals surface area (Å²) in [7, 11) is 0. The second kappa shape index (κ2) is 7.59. The van der Waals surface area contributed by atoms with Crippen LogP contribution < -0.4 is 0 Å². The molecule has 0 aromatic carbocycles. The number of carbonyl (C=O) groups is 2. The minimum Gasteiger partial charge on any atom is -0.466 e. The molecule has 0 radical (unpaired) electrons. The lowest BCUT2D eigenvalue weighted by Crippen LogP contribution is -2.35. The van der Waals surface area contributed by atoms with Gasteiger partial charge in [-0.3, -0.25) is 19.7 Å². The first-order valence-corrected chi connectivity index (χ1v) is 5.39. The van der Waals surface area contributed by atoms with Gasteiger partial charge >= 0.3 is 11.9 Å². The molecular weight excluding hydrogens is 230 g/mol. The van der Waals surface area contributed by atoms with Crippen LogP contribution >= 0.6 is 0 Å². The lowest BCUT2D eigenvalue weighted by Gasteiger charge is -2.15. The van der Waals surface area contributed by atoms with Gasteiger partial charge in [-0.1, -0.05) is 0 Å². The molecule has 7 nitrogen and oxygen atoms in total. The number of ether oxygens (including phenoxy) is 2. The van der Waals surface area contributed by atoms with Gasteiger partial charge < -0.3 is 9.47 Å². The van der Waals surface area contributed by atoms with Gasteiger partial charge in [0.15, 0.2) is 0 Å². The number of nitrogens with zero attached hydrogens (tertiary/aromatic N) is 1. The highest BCUT2D eigenvalue weighted by Gasteiger charge is 2.36. The first-order valence-electron chi connectivity index (χ1n) is 5.39. The topological polar surface area (TPSA) is 95.7 Å². The van der Waals surface area contributed by atoms with Crippen LogP contribution in [-0.2, 0) is 19.1 Å². The van der Waals surface area contributed by atoms with Crippen LogP contribution in [0.4, 0.5) is 0 Å². The lowest BCUT2D eigenvalue weighted by molar-refractivity contribution is -0.525. The van der Waals surface area contributed by atoms with E-state index in [4.69, 9.17) is 4.74 Å². The fourth-order valence-electron chi connectivity index (χ4n) is 1.25. The quantitative estimate of drug-likeness (QED) is 0.375. The fraction of sp³-hybridized carbons (Fsp3) is 0.800. The van der Waals surface area contributed by atoms with E-state index >= 15 is 0 Å². The average molecular weight is 247 g/mol. The number of hydrogen-bond donors (Lipinski definition) is 0. The van der Waals surface area contributed by atoms with Gasteiger partial charge in [-0.2, -0.15) is 0 Å². The molecule has 0 amide bonds. The summed E-state index contributed by atoms with van der Waals surface area (Å²) in [4.78, 5) is 32.8. The minimum absolute atomic E-state index is 0.114. The van der Waals surface area contributed by atoms with Gasteiger partial charge in [0.1, 0.15) is 5.92 Å². The highest BCUT2D eigenvalue weighted by Crippen LogP contribution is 2.15. The van der Waals surface area contributed by atoms with Crippen molar-refractivity contribution in [2.45, 2.75) is 33.2 Å². The summed E-state index contributed by atoms with van der Waals surface area (Å²) in [6, 6.07) is -1.18. The Morgan fingerprint density at radius 2 is 1.76 bits per heavy atom. The highest BCUT2D eigenvalue weighted by atomic mass is 16.6. The van der Waals surface area contributed by atoms with Gasteiger partial charge in [0.25, 0.3) is 0 Å². The van der Waals surface area contributed by atoms with E-state index in [-0.39, 0.29) is 19.6 Å². The second-order valence-electron chi connectivity index (χ2n) is 3.39. The maximum atomic E-state index is 11.5. The lowest BCUT2D eigenvalue weighted by atomic mass is 9.98. The molecule has 0 saturated heterocycles. The SMILES string of the molecule is CCOC(=O)C[C@@H](C(=O)OCC)[C@H](C)[N+](=O)[O-]. The predicted octanol–water partition coefficient (Wildman–Crippen LogP) is 0.784. The Morgan fingerprint density at radius 1 is 1.24 bits per heavy atom. The number of carbonyl (C=O) groups excluding carboxylic acids is 2. The maximum Gasteiger partial charge on any atom is 0.316 e. The largest absolute Gasteiger partial charge is 0.466 e. The van der Waals surface area contributed by atoms with Gasteiger partial charge in [0, 0.05) is 11.8 Å².